The molecule has 0 saturated heterocycles. The average molecular weight is 390 g/mol. The number of benzene rings is 1. The number of anilines is 1. The molecular formula is C15H14ClF2N3O3S. The lowest BCUT2D eigenvalue weighted by molar-refractivity contribution is -0.111. The molecule has 0 aliphatic carbocycles. The number of aryl methyl sites for hydroxylation is 2. The van der Waals surface area contributed by atoms with Gasteiger partial charge in [0.1, 0.15) is 5.15 Å². The molecule has 0 spiro atoms. The number of rotatable bonds is 5. The molecule has 6 nitrogen and oxygen atoms in total. The van der Waals surface area contributed by atoms with E-state index in [1.165, 1.54) is 29.0 Å². The van der Waals surface area contributed by atoms with Gasteiger partial charge < -0.3 is 5.32 Å². The van der Waals surface area contributed by atoms with Crippen LogP contribution in [0.4, 0.5) is 14.5 Å². The molecule has 1 amide bonds. The number of nitrogens with zero attached hydrogens (tertiary/aromatic N) is 2. The van der Waals surface area contributed by atoms with Gasteiger partial charge in [-0.15, -0.1) is 0 Å². The number of carbonyl (C=O) groups is 1. The summed E-state index contributed by atoms with van der Waals surface area (Å²) in [6.45, 7) is 1.70. The molecule has 0 fully saturated rings. The van der Waals surface area contributed by atoms with Gasteiger partial charge in [0.25, 0.3) is 0 Å². The van der Waals surface area contributed by atoms with Crippen molar-refractivity contribution in [3.05, 3.63) is 46.8 Å². The molecule has 25 heavy (non-hydrogen) atoms. The summed E-state index contributed by atoms with van der Waals surface area (Å²) in [6, 6.07) is 4.94. The number of aromatic nitrogens is 2. The maximum absolute atomic E-state index is 12.7. The van der Waals surface area contributed by atoms with Crippen LogP contribution in [0, 0.1) is 6.92 Å². The van der Waals surface area contributed by atoms with Crippen LogP contribution in [0.25, 0.3) is 6.08 Å². The molecule has 2 aromatic rings. The molecule has 0 bridgehead atoms. The van der Waals surface area contributed by atoms with Crippen LogP contribution in [0.1, 0.15) is 11.3 Å². The van der Waals surface area contributed by atoms with Crippen molar-refractivity contribution in [3.63, 3.8) is 0 Å². The van der Waals surface area contributed by atoms with Crippen molar-refractivity contribution in [1.82, 2.24) is 9.78 Å². The molecule has 1 aromatic carbocycles. The highest BCUT2D eigenvalue weighted by molar-refractivity contribution is 7.91. The maximum atomic E-state index is 12.7. The monoisotopic (exact) mass is 389 g/mol. The smallest absolute Gasteiger partial charge is 0.321 e. The summed E-state index contributed by atoms with van der Waals surface area (Å²) in [5.41, 5.74) is 0.886. The van der Waals surface area contributed by atoms with Gasteiger partial charge in [0.2, 0.25) is 15.7 Å². The largest absolute Gasteiger partial charge is 0.341 e. The fourth-order valence-corrected chi connectivity index (χ4v) is 3.21. The second kappa shape index (κ2) is 7.32. The molecule has 0 aliphatic rings. The molecule has 0 atom stereocenters. The number of alkyl halides is 2. The third-order valence-electron chi connectivity index (χ3n) is 3.28. The number of para-hydroxylation sites is 1. The Bertz CT molecular complexity index is 939. The van der Waals surface area contributed by atoms with Crippen LogP contribution in [-0.2, 0) is 21.7 Å². The number of halogens is 3. The van der Waals surface area contributed by atoms with Crippen LogP contribution in [-0.4, -0.2) is 29.9 Å². The highest BCUT2D eigenvalue weighted by Crippen LogP contribution is 2.26. The van der Waals surface area contributed by atoms with Crippen molar-refractivity contribution in [3.8, 4) is 0 Å². The Labute approximate surface area is 148 Å². The van der Waals surface area contributed by atoms with Gasteiger partial charge >= 0.3 is 5.76 Å². The topological polar surface area (TPSA) is 81.1 Å². The Balaban J connectivity index is 2.26. The fourth-order valence-electron chi connectivity index (χ4n) is 2.08. The van der Waals surface area contributed by atoms with Crippen molar-refractivity contribution >= 4 is 39.1 Å². The van der Waals surface area contributed by atoms with Crippen molar-refractivity contribution in [2.24, 2.45) is 7.05 Å². The zero-order chi connectivity index (χ0) is 18.8. The maximum Gasteiger partial charge on any atom is 0.341 e. The van der Waals surface area contributed by atoms with E-state index in [1.807, 2.05) is 0 Å². The van der Waals surface area contributed by atoms with Gasteiger partial charge in [-0.2, -0.15) is 13.9 Å². The van der Waals surface area contributed by atoms with E-state index >= 15 is 0 Å². The van der Waals surface area contributed by atoms with Crippen molar-refractivity contribution in [1.29, 1.82) is 0 Å². The zero-order valence-corrected chi connectivity index (χ0v) is 14.8. The minimum absolute atomic E-state index is 0.230. The van der Waals surface area contributed by atoms with Gasteiger partial charge in [0, 0.05) is 18.7 Å². The standard InChI is InChI=1S/C15H14ClF2N3O3S/c1-9-10(14(16)21(2)20-9)7-8-13(22)19-11-5-3-4-6-12(11)25(23,24)15(17)18/h3-8,15H,1-2H3,(H,19,22)/b8-7+. The molecule has 1 aromatic heterocycles. The predicted molar refractivity (Wildman–Crippen MR) is 90.3 cm³/mol. The van der Waals surface area contributed by atoms with E-state index < -0.39 is 26.4 Å². The fraction of sp³-hybridized carbons (Fsp3) is 0.200. The highest BCUT2D eigenvalue weighted by atomic mass is 35.5. The van der Waals surface area contributed by atoms with Gasteiger partial charge in [-0.1, -0.05) is 23.7 Å². The molecule has 1 heterocycles. The van der Waals surface area contributed by atoms with Crippen molar-refractivity contribution in [2.75, 3.05) is 5.32 Å². The summed E-state index contributed by atoms with van der Waals surface area (Å²) in [5.74, 6) is -4.28. The van der Waals surface area contributed by atoms with Gasteiger partial charge in [-0.3, -0.25) is 9.48 Å². The average Bonchev–Trinajstić information content (AvgIpc) is 2.78. The Kier molecular flexibility index (Phi) is 5.58. The minimum atomic E-state index is -4.84. The summed E-state index contributed by atoms with van der Waals surface area (Å²) < 4.78 is 50.2. The number of carbonyl (C=O) groups excluding carboxylic acids is 1. The van der Waals surface area contributed by atoms with Crippen LogP contribution in [0.5, 0.6) is 0 Å². The first kappa shape index (κ1) is 19.1. The molecule has 1 N–H and O–H groups in total. The second-order valence-corrected chi connectivity index (χ2v) is 7.28. The SMILES string of the molecule is Cc1nn(C)c(Cl)c1/C=C/C(=O)Nc1ccccc1S(=O)(=O)C(F)F. The highest BCUT2D eigenvalue weighted by Gasteiger charge is 2.29. The molecule has 0 unspecified atom stereocenters. The van der Waals surface area contributed by atoms with Crippen LogP contribution in [0.2, 0.25) is 5.15 Å². The molecule has 0 radical (unpaired) electrons. The first-order valence-electron chi connectivity index (χ1n) is 6.94. The first-order chi connectivity index (χ1) is 11.6. The Morgan fingerprint density at radius 3 is 2.56 bits per heavy atom. The lowest BCUT2D eigenvalue weighted by Crippen LogP contribution is -2.16. The zero-order valence-electron chi connectivity index (χ0n) is 13.2. The molecule has 0 aliphatic heterocycles. The number of hydrogen-bond acceptors (Lipinski definition) is 4. The number of nitrogens with one attached hydrogen (secondary N) is 1. The van der Waals surface area contributed by atoms with Gasteiger partial charge in [0.15, 0.2) is 0 Å². The van der Waals surface area contributed by atoms with E-state index in [-0.39, 0.29) is 5.69 Å². The predicted octanol–water partition coefficient (Wildman–Crippen LogP) is 3.03. The van der Waals surface area contributed by atoms with E-state index in [9.17, 15) is 22.0 Å². The number of amides is 1. The second-order valence-electron chi connectivity index (χ2n) is 5.04. The van der Waals surface area contributed by atoms with Gasteiger partial charge in [0.05, 0.1) is 16.3 Å². The van der Waals surface area contributed by atoms with E-state index in [0.29, 0.717) is 16.4 Å². The first-order valence-corrected chi connectivity index (χ1v) is 8.86. The molecule has 134 valence electrons. The molecular weight excluding hydrogens is 376 g/mol. The van der Waals surface area contributed by atoms with Gasteiger partial charge in [-0.25, -0.2) is 8.42 Å². The number of hydrogen-bond donors (Lipinski definition) is 1. The summed E-state index contributed by atoms with van der Waals surface area (Å²) >= 11 is 6.03. The van der Waals surface area contributed by atoms with Crippen LogP contribution >= 0.6 is 11.6 Å². The van der Waals surface area contributed by atoms with E-state index in [0.717, 1.165) is 12.1 Å². The molecule has 0 saturated carbocycles. The van der Waals surface area contributed by atoms with E-state index in [4.69, 9.17) is 11.6 Å². The molecule has 2 rings (SSSR count). The third-order valence-corrected chi connectivity index (χ3v) is 5.17. The van der Waals surface area contributed by atoms with Crippen molar-refractivity contribution < 1.29 is 22.0 Å². The summed E-state index contributed by atoms with van der Waals surface area (Å²) in [5, 5.41) is 6.68. The normalized spacial score (nSPS) is 12.1. The summed E-state index contributed by atoms with van der Waals surface area (Å²) in [6.07, 6.45) is 2.52. The lowest BCUT2D eigenvalue weighted by Gasteiger charge is -2.09. The lowest BCUT2D eigenvalue weighted by atomic mass is 10.2. The van der Waals surface area contributed by atoms with E-state index in [1.54, 1.807) is 14.0 Å². The Morgan fingerprint density at radius 2 is 2.00 bits per heavy atom. The third kappa shape index (κ3) is 4.05. The van der Waals surface area contributed by atoms with Crippen LogP contribution in [0.15, 0.2) is 35.2 Å². The summed E-state index contributed by atoms with van der Waals surface area (Å²) in [4.78, 5) is 11.4. The number of sulfone groups is 1. The van der Waals surface area contributed by atoms with Crippen molar-refractivity contribution in [2.45, 2.75) is 17.6 Å². The molecule has 10 heteroatoms. The summed E-state index contributed by atoms with van der Waals surface area (Å²) in [7, 11) is -3.20. The Hall–Kier alpha value is -2.26. The van der Waals surface area contributed by atoms with Gasteiger partial charge in [-0.05, 0) is 25.1 Å². The quantitative estimate of drug-likeness (QED) is 0.797. The van der Waals surface area contributed by atoms with E-state index in [2.05, 4.69) is 10.4 Å². The van der Waals surface area contributed by atoms with Crippen LogP contribution in [0.3, 0.4) is 0 Å². The minimum Gasteiger partial charge on any atom is -0.321 e. The Morgan fingerprint density at radius 1 is 1.36 bits per heavy atom. The van der Waals surface area contributed by atoms with Crippen LogP contribution < -0.4 is 5.32 Å².